The topological polar surface area (TPSA) is 57.6 Å². The van der Waals surface area contributed by atoms with E-state index in [1.54, 1.807) is 17.4 Å². The number of thioether (sulfide) groups is 1. The van der Waals surface area contributed by atoms with Crippen molar-refractivity contribution in [1.82, 2.24) is 4.90 Å². The molecule has 0 saturated carbocycles. The Bertz CT molecular complexity index is 538. The molecule has 0 radical (unpaired) electrons. The number of rotatable bonds is 4. The van der Waals surface area contributed by atoms with Gasteiger partial charge in [0.25, 0.3) is 0 Å². The van der Waals surface area contributed by atoms with Crippen molar-refractivity contribution >= 4 is 41.1 Å². The Labute approximate surface area is 126 Å². The van der Waals surface area contributed by atoms with Crippen molar-refractivity contribution in [3.8, 4) is 0 Å². The van der Waals surface area contributed by atoms with Crippen LogP contribution in [0.1, 0.15) is 23.1 Å². The van der Waals surface area contributed by atoms with E-state index in [1.807, 2.05) is 26.0 Å². The minimum absolute atomic E-state index is 0.0432. The molecule has 0 bridgehead atoms. The molecule has 1 aromatic rings. The molecule has 108 valence electrons. The average Bonchev–Trinajstić information content (AvgIpc) is 3.01. The molecular formula is C14H17NO3S2. The van der Waals surface area contributed by atoms with Crippen LogP contribution in [0.4, 0.5) is 0 Å². The zero-order valence-electron chi connectivity index (χ0n) is 11.4. The molecular weight excluding hydrogens is 294 g/mol. The van der Waals surface area contributed by atoms with Crippen molar-refractivity contribution in [1.29, 1.82) is 0 Å². The number of thiophene rings is 1. The molecule has 2 unspecified atom stereocenters. The molecule has 20 heavy (non-hydrogen) atoms. The van der Waals surface area contributed by atoms with Gasteiger partial charge >= 0.3 is 5.97 Å². The van der Waals surface area contributed by atoms with Gasteiger partial charge in [0.2, 0.25) is 5.91 Å². The summed E-state index contributed by atoms with van der Waals surface area (Å²) in [5.41, 5.74) is 0. The van der Waals surface area contributed by atoms with Gasteiger partial charge in [0.05, 0.1) is 5.37 Å². The van der Waals surface area contributed by atoms with Gasteiger partial charge in [-0.3, -0.25) is 4.79 Å². The predicted octanol–water partition coefficient (Wildman–Crippen LogP) is 2.83. The minimum Gasteiger partial charge on any atom is -0.480 e. The number of carbonyl (C=O) groups is 2. The number of carbonyl (C=O) groups excluding carboxylic acids is 1. The zero-order chi connectivity index (χ0) is 14.7. The fraction of sp³-hybridized carbons (Fsp3) is 0.429. The molecule has 1 saturated heterocycles. The summed E-state index contributed by atoms with van der Waals surface area (Å²) in [6.45, 7) is 3.98. The summed E-state index contributed by atoms with van der Waals surface area (Å²) in [4.78, 5) is 27.2. The van der Waals surface area contributed by atoms with Gasteiger partial charge in [-0.15, -0.1) is 23.1 Å². The minimum atomic E-state index is -0.929. The number of amides is 1. The summed E-state index contributed by atoms with van der Waals surface area (Å²) in [5, 5.41) is 9.16. The van der Waals surface area contributed by atoms with E-state index < -0.39 is 12.0 Å². The van der Waals surface area contributed by atoms with Crippen LogP contribution in [-0.4, -0.2) is 39.1 Å². The first-order chi connectivity index (χ1) is 9.52. The van der Waals surface area contributed by atoms with E-state index in [2.05, 4.69) is 0 Å². The zero-order valence-corrected chi connectivity index (χ0v) is 13.0. The average molecular weight is 311 g/mol. The van der Waals surface area contributed by atoms with Crippen LogP contribution in [0.2, 0.25) is 0 Å². The van der Waals surface area contributed by atoms with E-state index in [9.17, 15) is 14.7 Å². The Morgan fingerprint density at radius 2 is 2.25 bits per heavy atom. The summed E-state index contributed by atoms with van der Waals surface area (Å²) in [5.74, 6) is -0.687. The molecule has 1 aliphatic rings. The van der Waals surface area contributed by atoms with Crippen LogP contribution >= 0.6 is 23.1 Å². The van der Waals surface area contributed by atoms with Crippen LogP contribution in [0.3, 0.4) is 0 Å². The van der Waals surface area contributed by atoms with Gasteiger partial charge in [-0.05, 0) is 31.6 Å². The lowest BCUT2D eigenvalue weighted by molar-refractivity contribution is -0.147. The Balaban J connectivity index is 2.13. The predicted molar refractivity (Wildman–Crippen MR) is 82.9 cm³/mol. The second-order valence-electron chi connectivity index (χ2n) is 4.58. The van der Waals surface area contributed by atoms with Gasteiger partial charge in [0.15, 0.2) is 0 Å². The maximum absolute atomic E-state index is 12.3. The molecule has 2 atom stereocenters. The quantitative estimate of drug-likeness (QED) is 0.869. The van der Waals surface area contributed by atoms with E-state index in [-0.39, 0.29) is 11.3 Å². The normalized spacial score (nSPS) is 22.6. The van der Waals surface area contributed by atoms with Crippen LogP contribution < -0.4 is 0 Å². The van der Waals surface area contributed by atoms with E-state index in [1.165, 1.54) is 27.6 Å². The Hall–Kier alpha value is -1.27. The Morgan fingerprint density at radius 1 is 1.50 bits per heavy atom. The lowest BCUT2D eigenvalue weighted by Gasteiger charge is -2.25. The number of nitrogens with zero attached hydrogens (tertiary/aromatic N) is 1. The van der Waals surface area contributed by atoms with Gasteiger partial charge in [-0.2, -0.15) is 0 Å². The van der Waals surface area contributed by atoms with Crippen LogP contribution in [0.5, 0.6) is 0 Å². The van der Waals surface area contributed by atoms with Gasteiger partial charge in [-0.1, -0.05) is 6.92 Å². The first-order valence-corrected chi connectivity index (χ1v) is 8.30. The molecule has 2 heterocycles. The van der Waals surface area contributed by atoms with Crippen molar-refractivity contribution in [2.75, 3.05) is 5.75 Å². The van der Waals surface area contributed by atoms with Crippen molar-refractivity contribution in [3.63, 3.8) is 0 Å². The Kier molecular flexibility index (Phi) is 4.88. The number of carboxylic acids is 1. The van der Waals surface area contributed by atoms with Crippen LogP contribution in [0, 0.1) is 6.92 Å². The lowest BCUT2D eigenvalue weighted by Crippen LogP contribution is -2.44. The largest absolute Gasteiger partial charge is 0.480 e. The molecule has 0 aromatic carbocycles. The van der Waals surface area contributed by atoms with Crippen molar-refractivity contribution < 1.29 is 14.7 Å². The molecule has 1 aromatic heterocycles. The molecule has 2 rings (SSSR count). The number of carboxylic acid groups (broad SMARTS) is 1. The highest BCUT2D eigenvalue weighted by molar-refractivity contribution is 8.00. The van der Waals surface area contributed by atoms with Crippen LogP contribution in [-0.2, 0) is 9.59 Å². The van der Waals surface area contributed by atoms with Crippen LogP contribution in [0.25, 0.3) is 6.08 Å². The van der Waals surface area contributed by atoms with Gasteiger partial charge in [0, 0.05) is 21.6 Å². The van der Waals surface area contributed by atoms with E-state index in [0.717, 1.165) is 11.3 Å². The number of hydrogen-bond donors (Lipinski definition) is 1. The third kappa shape index (κ3) is 3.24. The molecule has 1 aliphatic heterocycles. The fourth-order valence-electron chi connectivity index (χ4n) is 2.15. The summed E-state index contributed by atoms with van der Waals surface area (Å²) in [6.07, 6.45) is 4.00. The molecule has 1 amide bonds. The monoisotopic (exact) mass is 311 g/mol. The summed E-state index contributed by atoms with van der Waals surface area (Å²) in [6, 6.07) is 3.23. The molecule has 0 spiro atoms. The highest BCUT2D eigenvalue weighted by Gasteiger charge is 2.39. The van der Waals surface area contributed by atoms with Crippen LogP contribution in [0.15, 0.2) is 18.2 Å². The lowest BCUT2D eigenvalue weighted by atomic mass is 10.2. The SMILES string of the molecule is CCC1SCC(C(=O)O)N1C(=O)C=Cc1ccc(C)s1. The van der Waals surface area contributed by atoms with E-state index >= 15 is 0 Å². The Morgan fingerprint density at radius 3 is 2.80 bits per heavy atom. The highest BCUT2D eigenvalue weighted by Crippen LogP contribution is 2.31. The van der Waals surface area contributed by atoms with E-state index in [4.69, 9.17) is 0 Å². The van der Waals surface area contributed by atoms with Gasteiger partial charge in [0.1, 0.15) is 6.04 Å². The third-order valence-corrected chi connectivity index (χ3v) is 5.55. The first-order valence-electron chi connectivity index (χ1n) is 6.44. The number of hydrogen-bond acceptors (Lipinski definition) is 4. The van der Waals surface area contributed by atoms with Crippen molar-refractivity contribution in [2.45, 2.75) is 31.7 Å². The second kappa shape index (κ2) is 6.45. The molecule has 1 fully saturated rings. The number of aliphatic carboxylic acids is 1. The maximum Gasteiger partial charge on any atom is 0.327 e. The van der Waals surface area contributed by atoms with Crippen molar-refractivity contribution in [2.24, 2.45) is 0 Å². The van der Waals surface area contributed by atoms with E-state index in [0.29, 0.717) is 5.75 Å². The number of aryl methyl sites for hydroxylation is 1. The second-order valence-corrected chi connectivity index (χ2v) is 7.11. The first kappa shape index (κ1) is 15.1. The maximum atomic E-state index is 12.3. The summed E-state index contributed by atoms with van der Waals surface area (Å²) >= 11 is 3.14. The highest BCUT2D eigenvalue weighted by atomic mass is 32.2. The molecule has 4 nitrogen and oxygen atoms in total. The van der Waals surface area contributed by atoms with Crippen molar-refractivity contribution in [3.05, 3.63) is 28.0 Å². The molecule has 0 aliphatic carbocycles. The van der Waals surface area contributed by atoms with Gasteiger partial charge in [-0.25, -0.2) is 4.79 Å². The smallest absolute Gasteiger partial charge is 0.327 e. The fourth-order valence-corrected chi connectivity index (χ4v) is 4.28. The standard InChI is InChI=1S/C14H17NO3S2/c1-3-13-15(11(8-19-13)14(17)18)12(16)7-6-10-5-4-9(2)20-10/h4-7,11,13H,3,8H2,1-2H3,(H,17,18). The van der Waals surface area contributed by atoms with Gasteiger partial charge < -0.3 is 10.0 Å². The molecule has 1 N–H and O–H groups in total. The molecule has 6 heteroatoms. The third-order valence-electron chi connectivity index (χ3n) is 3.13. The summed E-state index contributed by atoms with van der Waals surface area (Å²) in [7, 11) is 0. The summed E-state index contributed by atoms with van der Waals surface area (Å²) < 4.78 is 0.